The fraction of sp³-hybridized carbons (Fsp3) is 0.233. The molecule has 2 amide bonds. The van der Waals surface area contributed by atoms with Gasteiger partial charge >= 0.3 is 16.1 Å². The molecular formula is C30H29N3O12S3. The van der Waals surface area contributed by atoms with Gasteiger partial charge in [-0.25, -0.2) is 13.2 Å². The number of allylic oxidation sites excluding steroid dienone is 1. The molecule has 0 aromatic heterocycles. The van der Waals surface area contributed by atoms with Crippen molar-refractivity contribution in [3.63, 3.8) is 0 Å². The fourth-order valence-corrected chi connectivity index (χ4v) is 8.31. The molecule has 0 bridgehead atoms. The van der Waals surface area contributed by atoms with Gasteiger partial charge in [0.05, 0.1) is 16.1 Å². The Bertz CT molecular complexity index is 1950. The lowest BCUT2D eigenvalue weighted by Crippen LogP contribution is -2.70. The van der Waals surface area contributed by atoms with E-state index in [0.29, 0.717) is 22.5 Å². The summed E-state index contributed by atoms with van der Waals surface area (Å²) < 4.78 is 66.7. The van der Waals surface area contributed by atoms with Gasteiger partial charge in [-0.2, -0.15) is 8.42 Å². The molecule has 0 aliphatic carbocycles. The second kappa shape index (κ2) is 14.9. The number of aryl methyl sites for hydroxylation is 1. The number of likely N-dealkylation sites (tertiary alicyclic amines) is 1. The predicted molar refractivity (Wildman–Crippen MR) is 172 cm³/mol. The summed E-state index contributed by atoms with van der Waals surface area (Å²) in [5, 5.41) is 11.9. The summed E-state index contributed by atoms with van der Waals surface area (Å²) in [6.07, 6.45) is 0.693. The first kappa shape index (κ1) is 35.9. The van der Waals surface area contributed by atoms with Crippen molar-refractivity contribution in [2.45, 2.75) is 36.8 Å². The molecule has 1 aliphatic heterocycles. The van der Waals surface area contributed by atoms with Gasteiger partial charge in [0.15, 0.2) is 12.3 Å². The van der Waals surface area contributed by atoms with E-state index in [4.69, 9.17) is 13.7 Å². The summed E-state index contributed by atoms with van der Waals surface area (Å²) in [5.41, 5.74) is 0.125. The average Bonchev–Trinajstić information content (AvgIpc) is 3.03. The van der Waals surface area contributed by atoms with Crippen LogP contribution >= 0.6 is 10.8 Å². The largest absolute Gasteiger partial charge is 0.484 e. The SMILES string of the molecule is C/C(OS(C)(=O)=O)=C(/C(=O)OCc1ccc([N+](=O)[O-])cc1)N1C(=O)C(NC(=O)COc2ccccc2)C1SS(=O)(=O)c1ccc(C)cc1. The number of carbonyl (C=O) groups excluding carboxylic acids is 3. The van der Waals surface area contributed by atoms with Crippen LogP contribution in [0.4, 0.5) is 5.69 Å². The molecular weight excluding hydrogens is 691 g/mol. The zero-order valence-corrected chi connectivity index (χ0v) is 28.0. The smallest absolute Gasteiger partial charge is 0.359 e. The number of ether oxygens (including phenoxy) is 2. The first-order valence-corrected chi connectivity index (χ1v) is 18.6. The van der Waals surface area contributed by atoms with Crippen molar-refractivity contribution in [1.29, 1.82) is 0 Å². The Morgan fingerprint density at radius 2 is 1.60 bits per heavy atom. The van der Waals surface area contributed by atoms with E-state index in [1.165, 1.54) is 36.4 Å². The minimum absolute atomic E-state index is 0.134. The first-order chi connectivity index (χ1) is 22.6. The zero-order valence-electron chi connectivity index (χ0n) is 25.6. The Morgan fingerprint density at radius 1 is 0.979 bits per heavy atom. The number of hydrogen-bond donors (Lipinski definition) is 1. The quantitative estimate of drug-likeness (QED) is 0.0372. The second-order valence-electron chi connectivity index (χ2n) is 10.3. The van der Waals surface area contributed by atoms with Crippen molar-refractivity contribution < 1.29 is 49.8 Å². The van der Waals surface area contributed by atoms with Crippen LogP contribution in [0.3, 0.4) is 0 Å². The van der Waals surface area contributed by atoms with E-state index in [1.807, 2.05) is 0 Å². The highest BCUT2D eigenvalue weighted by molar-refractivity contribution is 8.72. The summed E-state index contributed by atoms with van der Waals surface area (Å²) in [6.45, 7) is 1.81. The number of β-lactam (4-membered cyclic amide) rings is 1. The van der Waals surface area contributed by atoms with Crippen LogP contribution in [0.5, 0.6) is 5.75 Å². The van der Waals surface area contributed by atoms with Crippen molar-refractivity contribution >= 4 is 53.3 Å². The van der Waals surface area contributed by atoms with Crippen molar-refractivity contribution in [1.82, 2.24) is 10.2 Å². The van der Waals surface area contributed by atoms with E-state index < -0.39 is 77.8 Å². The molecule has 3 aromatic rings. The molecule has 1 aliphatic rings. The number of hydrogen-bond acceptors (Lipinski definition) is 13. The van der Waals surface area contributed by atoms with Crippen LogP contribution in [0.1, 0.15) is 18.1 Å². The number of para-hydroxylation sites is 1. The number of nitrogens with one attached hydrogen (secondary N) is 1. The van der Waals surface area contributed by atoms with Gasteiger partial charge in [0.1, 0.15) is 29.5 Å². The fourth-order valence-electron chi connectivity index (χ4n) is 4.31. The number of amides is 2. The van der Waals surface area contributed by atoms with Gasteiger partial charge in [0.25, 0.3) is 17.5 Å². The van der Waals surface area contributed by atoms with Crippen LogP contribution in [0.2, 0.25) is 0 Å². The maximum absolute atomic E-state index is 13.6. The lowest BCUT2D eigenvalue weighted by Gasteiger charge is -2.46. The van der Waals surface area contributed by atoms with Crippen molar-refractivity contribution in [3.05, 3.63) is 112 Å². The molecule has 18 heteroatoms. The summed E-state index contributed by atoms with van der Waals surface area (Å²) in [6, 6.07) is 17.6. The molecule has 48 heavy (non-hydrogen) atoms. The Labute approximate surface area is 279 Å². The molecule has 1 N–H and O–H groups in total. The molecule has 15 nitrogen and oxygen atoms in total. The second-order valence-corrected chi connectivity index (χ2v) is 15.8. The molecule has 0 spiro atoms. The molecule has 2 unspecified atom stereocenters. The molecule has 0 saturated carbocycles. The molecule has 2 atom stereocenters. The summed E-state index contributed by atoms with van der Waals surface area (Å²) >= 11 is 0. The molecule has 0 radical (unpaired) electrons. The Morgan fingerprint density at radius 3 is 2.19 bits per heavy atom. The lowest BCUT2D eigenvalue weighted by molar-refractivity contribution is -0.384. The monoisotopic (exact) mass is 719 g/mol. The Balaban J connectivity index is 1.66. The maximum Gasteiger partial charge on any atom is 0.359 e. The number of non-ortho nitro benzene ring substituents is 1. The van der Waals surface area contributed by atoms with Crippen molar-refractivity contribution in [2.24, 2.45) is 0 Å². The van der Waals surface area contributed by atoms with Crippen LogP contribution in [-0.2, 0) is 48.9 Å². The molecule has 254 valence electrons. The van der Waals surface area contributed by atoms with Gasteiger partial charge in [-0.05, 0) is 55.8 Å². The van der Waals surface area contributed by atoms with E-state index >= 15 is 0 Å². The normalized spacial score (nSPS) is 16.6. The van der Waals surface area contributed by atoms with Crippen molar-refractivity contribution in [2.75, 3.05) is 12.9 Å². The maximum atomic E-state index is 13.6. The number of nitro benzene ring substituents is 1. The van der Waals surface area contributed by atoms with Crippen LogP contribution in [0.25, 0.3) is 0 Å². The summed E-state index contributed by atoms with van der Waals surface area (Å²) in [7, 11) is -8.28. The average molecular weight is 720 g/mol. The standard InChI is InChI=1S/C30H29N3O12S3/c1-19-9-15-24(16-10-19)48(41,42)46-29-26(31-25(34)18-43-23-7-5-4-6-8-23)28(35)32(29)27(20(2)45-47(3,39)40)30(36)44-17-21-11-13-22(14-12-21)33(37)38/h4-16,26,29H,17-18H2,1-3H3,(H,31,34)/b27-20+. The highest BCUT2D eigenvalue weighted by atomic mass is 33.1. The highest BCUT2D eigenvalue weighted by Crippen LogP contribution is 2.40. The molecule has 4 rings (SSSR count). The van der Waals surface area contributed by atoms with Crippen LogP contribution in [-0.4, -0.2) is 68.7 Å². The van der Waals surface area contributed by atoms with Gasteiger partial charge in [-0.3, -0.25) is 24.6 Å². The topological polar surface area (TPSA) is 206 Å². The van der Waals surface area contributed by atoms with E-state index in [-0.39, 0.29) is 21.4 Å². The van der Waals surface area contributed by atoms with E-state index in [9.17, 15) is 41.3 Å². The van der Waals surface area contributed by atoms with Gasteiger partial charge in [0.2, 0.25) is 8.87 Å². The summed E-state index contributed by atoms with van der Waals surface area (Å²) in [5.74, 6) is -3.30. The minimum atomic E-state index is -4.26. The van der Waals surface area contributed by atoms with Gasteiger partial charge < -0.3 is 19.0 Å². The van der Waals surface area contributed by atoms with E-state index in [2.05, 4.69) is 5.32 Å². The molecule has 3 aromatic carbocycles. The van der Waals surface area contributed by atoms with E-state index in [1.54, 1.807) is 49.4 Å². The number of nitro groups is 1. The molecule has 1 saturated heterocycles. The zero-order chi connectivity index (χ0) is 35.2. The van der Waals surface area contributed by atoms with Gasteiger partial charge in [-0.1, -0.05) is 35.9 Å². The highest BCUT2D eigenvalue weighted by Gasteiger charge is 2.55. The third kappa shape index (κ3) is 9.11. The number of rotatable bonds is 14. The lowest BCUT2D eigenvalue weighted by atomic mass is 10.1. The van der Waals surface area contributed by atoms with Gasteiger partial charge in [-0.15, -0.1) is 0 Å². The third-order valence-corrected chi connectivity index (χ3v) is 10.8. The first-order valence-electron chi connectivity index (χ1n) is 13.9. The third-order valence-electron chi connectivity index (χ3n) is 6.57. The molecule has 1 fully saturated rings. The van der Waals surface area contributed by atoms with Crippen LogP contribution in [0.15, 0.2) is 95.2 Å². The molecule has 1 heterocycles. The predicted octanol–water partition coefficient (Wildman–Crippen LogP) is 3.01. The summed E-state index contributed by atoms with van der Waals surface area (Å²) in [4.78, 5) is 50.8. The number of esters is 1. The van der Waals surface area contributed by atoms with Crippen LogP contribution < -0.4 is 10.1 Å². The van der Waals surface area contributed by atoms with Crippen molar-refractivity contribution in [3.8, 4) is 5.75 Å². The van der Waals surface area contributed by atoms with Gasteiger partial charge in [0, 0.05) is 22.9 Å². The Kier molecular flexibility index (Phi) is 11.1. The number of carbonyl (C=O) groups is 3. The number of nitrogens with zero attached hydrogens (tertiary/aromatic N) is 2. The Hall–Kier alpha value is -4.94. The van der Waals surface area contributed by atoms with E-state index in [0.717, 1.165) is 12.5 Å². The minimum Gasteiger partial charge on any atom is -0.484 e. The number of benzene rings is 3. The van der Waals surface area contributed by atoms with Crippen LogP contribution in [0, 0.1) is 17.0 Å².